The molecule has 0 saturated heterocycles. The van der Waals surface area contributed by atoms with Gasteiger partial charge in [0.05, 0.1) is 11.4 Å². The van der Waals surface area contributed by atoms with Crippen molar-refractivity contribution in [2.45, 2.75) is 6.92 Å². The second-order valence-corrected chi connectivity index (χ2v) is 3.41. The van der Waals surface area contributed by atoms with E-state index in [4.69, 9.17) is 0 Å². The van der Waals surface area contributed by atoms with Crippen molar-refractivity contribution in [1.29, 1.82) is 0 Å². The Labute approximate surface area is 102 Å². The maximum absolute atomic E-state index is 13.5. The van der Waals surface area contributed by atoms with E-state index in [0.717, 1.165) is 0 Å². The lowest BCUT2D eigenvalue weighted by Crippen LogP contribution is -2.10. The predicted molar refractivity (Wildman–Crippen MR) is 62.6 cm³/mol. The minimum absolute atomic E-state index is 0.0751. The van der Waals surface area contributed by atoms with Crippen LogP contribution in [0, 0.1) is 5.82 Å². The zero-order valence-corrected chi connectivity index (χ0v) is 9.54. The van der Waals surface area contributed by atoms with Crippen molar-refractivity contribution in [2.75, 3.05) is 5.32 Å². The van der Waals surface area contributed by atoms with Gasteiger partial charge in [-0.05, 0) is 41.6 Å². The van der Waals surface area contributed by atoms with Crippen LogP contribution in [0.4, 0.5) is 10.1 Å². The molecule has 0 spiro atoms. The van der Waals surface area contributed by atoms with E-state index >= 15 is 0 Å². The monoisotopic (exact) mass is 247 g/mol. The van der Waals surface area contributed by atoms with Gasteiger partial charge in [0.15, 0.2) is 0 Å². The number of rotatable bonds is 3. The molecule has 0 saturated carbocycles. The Kier molecular flexibility index (Phi) is 3.42. The second kappa shape index (κ2) is 5.17. The molecule has 0 unspecified atom stereocenters. The Balaban J connectivity index is 2.30. The molecule has 2 rings (SSSR count). The lowest BCUT2D eigenvalue weighted by molar-refractivity contribution is -0.111. The summed E-state index contributed by atoms with van der Waals surface area (Å²) in [6.07, 6.45) is 4.26. The fourth-order valence-electron chi connectivity index (χ4n) is 1.36. The normalized spacial score (nSPS) is 10.8. The zero-order valence-electron chi connectivity index (χ0n) is 9.54. The van der Waals surface area contributed by atoms with E-state index in [-0.39, 0.29) is 5.69 Å². The van der Waals surface area contributed by atoms with Gasteiger partial charge in [0.1, 0.15) is 12.1 Å². The number of allylic oxidation sites excluding steroid dienone is 1. The molecule has 0 bridgehead atoms. The van der Waals surface area contributed by atoms with Crippen LogP contribution < -0.4 is 5.32 Å². The molecule has 1 aromatic carbocycles. The summed E-state index contributed by atoms with van der Waals surface area (Å²) in [6.45, 7) is 1.70. The Morgan fingerprint density at radius 2 is 2.33 bits per heavy atom. The zero-order chi connectivity index (χ0) is 13.0. The van der Waals surface area contributed by atoms with E-state index < -0.39 is 11.7 Å². The van der Waals surface area contributed by atoms with Crippen LogP contribution in [0.25, 0.3) is 5.69 Å². The fraction of sp³-hybridized carbons (Fsp3) is 0.0909. The molecule has 2 aromatic rings. The average Bonchev–Trinajstić information content (AvgIpc) is 2.86. The van der Waals surface area contributed by atoms with Crippen molar-refractivity contribution in [3.05, 3.63) is 42.5 Å². The summed E-state index contributed by atoms with van der Waals surface area (Å²) in [7, 11) is 0. The smallest absolute Gasteiger partial charge is 0.248 e. The Morgan fingerprint density at radius 3 is 3.00 bits per heavy atom. The molecule has 0 radical (unpaired) electrons. The van der Waals surface area contributed by atoms with Crippen LogP contribution in [-0.2, 0) is 4.79 Å². The van der Waals surface area contributed by atoms with Crippen LogP contribution in [0.15, 0.2) is 36.7 Å². The molecule has 0 fully saturated rings. The molecule has 1 N–H and O–H groups in total. The molecule has 7 heteroatoms. The van der Waals surface area contributed by atoms with Crippen molar-refractivity contribution in [3.63, 3.8) is 0 Å². The number of amides is 1. The first-order valence-electron chi connectivity index (χ1n) is 5.17. The molecule has 1 aromatic heterocycles. The molecule has 1 heterocycles. The minimum atomic E-state index is -0.523. The molecule has 0 aliphatic rings. The van der Waals surface area contributed by atoms with Crippen molar-refractivity contribution in [2.24, 2.45) is 0 Å². The number of carbonyl (C=O) groups is 1. The van der Waals surface area contributed by atoms with Gasteiger partial charge in [-0.1, -0.05) is 6.08 Å². The quantitative estimate of drug-likeness (QED) is 0.830. The van der Waals surface area contributed by atoms with Crippen LogP contribution in [0.5, 0.6) is 0 Å². The van der Waals surface area contributed by atoms with Gasteiger partial charge < -0.3 is 5.32 Å². The first-order chi connectivity index (χ1) is 8.70. The standard InChI is InChI=1S/C11H10FN5O/c1-2-3-11(18)14-10-6-8(4-5-9(10)12)17-7-13-15-16-17/h2-7H,1H3,(H,14,18). The van der Waals surface area contributed by atoms with Crippen LogP contribution >= 0.6 is 0 Å². The van der Waals surface area contributed by atoms with Gasteiger partial charge in [-0.25, -0.2) is 9.07 Å². The van der Waals surface area contributed by atoms with Gasteiger partial charge in [0.2, 0.25) is 5.91 Å². The summed E-state index contributed by atoms with van der Waals surface area (Å²) >= 11 is 0. The highest BCUT2D eigenvalue weighted by Gasteiger charge is 2.07. The number of halogens is 1. The summed E-state index contributed by atoms with van der Waals surface area (Å²) < 4.78 is 14.9. The summed E-state index contributed by atoms with van der Waals surface area (Å²) in [5, 5.41) is 13.1. The molecular weight excluding hydrogens is 237 g/mol. The van der Waals surface area contributed by atoms with E-state index in [0.29, 0.717) is 5.69 Å². The number of aromatic nitrogens is 4. The van der Waals surface area contributed by atoms with E-state index in [9.17, 15) is 9.18 Å². The van der Waals surface area contributed by atoms with Gasteiger partial charge in [0.25, 0.3) is 0 Å². The van der Waals surface area contributed by atoms with E-state index in [1.54, 1.807) is 13.0 Å². The number of benzene rings is 1. The molecule has 6 nitrogen and oxygen atoms in total. The topological polar surface area (TPSA) is 72.7 Å². The second-order valence-electron chi connectivity index (χ2n) is 3.41. The van der Waals surface area contributed by atoms with Gasteiger partial charge in [-0.15, -0.1) is 5.10 Å². The summed E-state index contributed by atoms with van der Waals surface area (Å²) in [5.74, 6) is -0.921. The number of anilines is 1. The molecule has 0 aliphatic heterocycles. The number of hydrogen-bond donors (Lipinski definition) is 1. The van der Waals surface area contributed by atoms with Gasteiger partial charge in [0, 0.05) is 0 Å². The van der Waals surface area contributed by atoms with Crippen molar-refractivity contribution in [3.8, 4) is 5.69 Å². The fourth-order valence-corrected chi connectivity index (χ4v) is 1.36. The van der Waals surface area contributed by atoms with Crippen LogP contribution in [0.2, 0.25) is 0 Å². The minimum Gasteiger partial charge on any atom is -0.320 e. The molecule has 18 heavy (non-hydrogen) atoms. The lowest BCUT2D eigenvalue weighted by Gasteiger charge is -2.06. The largest absolute Gasteiger partial charge is 0.320 e. The third kappa shape index (κ3) is 2.57. The van der Waals surface area contributed by atoms with Crippen molar-refractivity contribution in [1.82, 2.24) is 20.2 Å². The Morgan fingerprint density at radius 1 is 1.50 bits per heavy atom. The third-order valence-electron chi connectivity index (χ3n) is 2.14. The molecular formula is C11H10FN5O. The molecule has 1 amide bonds. The predicted octanol–water partition coefficient (Wildman–Crippen LogP) is 1.32. The van der Waals surface area contributed by atoms with Crippen LogP contribution in [0.1, 0.15) is 6.92 Å². The molecule has 92 valence electrons. The molecule has 0 atom stereocenters. The van der Waals surface area contributed by atoms with E-state index in [1.165, 1.54) is 35.3 Å². The number of tetrazole rings is 1. The average molecular weight is 247 g/mol. The Bertz CT molecular complexity index is 579. The molecule has 0 aliphatic carbocycles. The summed E-state index contributed by atoms with van der Waals surface area (Å²) in [6, 6.07) is 4.20. The van der Waals surface area contributed by atoms with E-state index in [1.807, 2.05) is 0 Å². The summed E-state index contributed by atoms with van der Waals surface area (Å²) in [5.41, 5.74) is 0.628. The van der Waals surface area contributed by atoms with Crippen LogP contribution in [-0.4, -0.2) is 26.1 Å². The number of carbonyl (C=O) groups excluding carboxylic acids is 1. The van der Waals surface area contributed by atoms with Gasteiger partial charge in [-0.3, -0.25) is 4.79 Å². The SMILES string of the molecule is CC=CC(=O)Nc1cc(-n2cnnn2)ccc1F. The highest BCUT2D eigenvalue weighted by Crippen LogP contribution is 2.18. The maximum Gasteiger partial charge on any atom is 0.248 e. The van der Waals surface area contributed by atoms with Gasteiger partial charge >= 0.3 is 0 Å². The number of nitrogens with one attached hydrogen (secondary N) is 1. The van der Waals surface area contributed by atoms with Crippen molar-refractivity contribution < 1.29 is 9.18 Å². The van der Waals surface area contributed by atoms with Crippen LogP contribution in [0.3, 0.4) is 0 Å². The lowest BCUT2D eigenvalue weighted by atomic mass is 10.2. The first kappa shape index (κ1) is 11.9. The third-order valence-corrected chi connectivity index (χ3v) is 2.14. The van der Waals surface area contributed by atoms with Crippen molar-refractivity contribution >= 4 is 11.6 Å². The highest BCUT2D eigenvalue weighted by molar-refractivity contribution is 5.99. The number of hydrogen-bond acceptors (Lipinski definition) is 4. The Hall–Kier alpha value is -2.57. The van der Waals surface area contributed by atoms with Gasteiger partial charge in [-0.2, -0.15) is 0 Å². The first-order valence-corrected chi connectivity index (χ1v) is 5.17. The van der Waals surface area contributed by atoms with E-state index in [2.05, 4.69) is 20.8 Å². The maximum atomic E-state index is 13.5. The number of nitrogens with zero attached hydrogens (tertiary/aromatic N) is 4. The highest BCUT2D eigenvalue weighted by atomic mass is 19.1. The summed E-state index contributed by atoms with van der Waals surface area (Å²) in [4.78, 5) is 11.4.